The molecule has 0 aromatic carbocycles. The van der Waals surface area contributed by atoms with E-state index in [9.17, 15) is 0 Å². The monoisotopic (exact) mass is 266 g/mol. The SMILES string of the molecule is C=CCC(CCCCCCCC)CC(CC)CCC. The molecule has 0 aliphatic carbocycles. The molecule has 0 radical (unpaired) electrons. The summed E-state index contributed by atoms with van der Waals surface area (Å²) in [6.07, 6.45) is 18.9. The highest BCUT2D eigenvalue weighted by Crippen LogP contribution is 2.27. The molecule has 0 saturated carbocycles. The maximum absolute atomic E-state index is 3.95. The van der Waals surface area contributed by atoms with Crippen molar-refractivity contribution in [3.05, 3.63) is 12.7 Å². The van der Waals surface area contributed by atoms with E-state index < -0.39 is 0 Å². The zero-order valence-corrected chi connectivity index (χ0v) is 13.9. The second kappa shape index (κ2) is 14.2. The Bertz CT molecular complexity index is 182. The zero-order valence-electron chi connectivity index (χ0n) is 13.9. The molecule has 0 aliphatic heterocycles. The van der Waals surface area contributed by atoms with Gasteiger partial charge in [-0.05, 0) is 24.7 Å². The van der Waals surface area contributed by atoms with Gasteiger partial charge in [-0.3, -0.25) is 0 Å². The Morgan fingerprint density at radius 2 is 1.47 bits per heavy atom. The number of rotatable bonds is 14. The summed E-state index contributed by atoms with van der Waals surface area (Å²) in [4.78, 5) is 0. The number of hydrogen-bond acceptors (Lipinski definition) is 0. The lowest BCUT2D eigenvalue weighted by Crippen LogP contribution is -2.08. The Hall–Kier alpha value is -0.260. The van der Waals surface area contributed by atoms with Gasteiger partial charge in [-0.15, -0.1) is 6.58 Å². The molecule has 0 aliphatic rings. The third-order valence-corrected chi connectivity index (χ3v) is 4.41. The summed E-state index contributed by atoms with van der Waals surface area (Å²) in [6, 6.07) is 0. The van der Waals surface area contributed by atoms with E-state index in [0.717, 1.165) is 11.8 Å². The molecule has 0 N–H and O–H groups in total. The van der Waals surface area contributed by atoms with E-state index in [2.05, 4.69) is 33.4 Å². The Morgan fingerprint density at radius 3 is 2.05 bits per heavy atom. The topological polar surface area (TPSA) is 0 Å². The van der Waals surface area contributed by atoms with E-state index in [1.54, 1.807) is 0 Å². The van der Waals surface area contributed by atoms with Crippen LogP contribution in [0.15, 0.2) is 12.7 Å². The van der Waals surface area contributed by atoms with Gasteiger partial charge in [0.2, 0.25) is 0 Å². The highest BCUT2D eigenvalue weighted by atomic mass is 14.2. The molecule has 0 heteroatoms. The second-order valence-corrected chi connectivity index (χ2v) is 6.25. The largest absolute Gasteiger partial charge is 0.103 e. The van der Waals surface area contributed by atoms with E-state index in [1.807, 2.05) is 0 Å². The van der Waals surface area contributed by atoms with Crippen LogP contribution in [0.3, 0.4) is 0 Å². The molecule has 0 aromatic rings. The van der Waals surface area contributed by atoms with E-state index in [-0.39, 0.29) is 0 Å². The zero-order chi connectivity index (χ0) is 14.3. The normalized spacial score (nSPS) is 14.3. The fourth-order valence-corrected chi connectivity index (χ4v) is 3.15. The fraction of sp³-hybridized carbons (Fsp3) is 0.895. The molecule has 0 amide bonds. The van der Waals surface area contributed by atoms with Crippen molar-refractivity contribution in [1.29, 1.82) is 0 Å². The lowest BCUT2D eigenvalue weighted by Gasteiger charge is -2.21. The lowest BCUT2D eigenvalue weighted by molar-refractivity contribution is 0.321. The number of unbranched alkanes of at least 4 members (excludes halogenated alkanes) is 5. The molecule has 0 heterocycles. The van der Waals surface area contributed by atoms with Crippen molar-refractivity contribution in [1.82, 2.24) is 0 Å². The lowest BCUT2D eigenvalue weighted by atomic mass is 9.84. The van der Waals surface area contributed by atoms with Gasteiger partial charge in [-0.25, -0.2) is 0 Å². The second-order valence-electron chi connectivity index (χ2n) is 6.25. The smallest absolute Gasteiger partial charge is 0.0325 e. The number of allylic oxidation sites excluding steroid dienone is 1. The van der Waals surface area contributed by atoms with Crippen molar-refractivity contribution in [2.75, 3.05) is 0 Å². The van der Waals surface area contributed by atoms with Crippen LogP contribution < -0.4 is 0 Å². The van der Waals surface area contributed by atoms with Crippen molar-refractivity contribution in [3.8, 4) is 0 Å². The fourth-order valence-electron chi connectivity index (χ4n) is 3.15. The third-order valence-electron chi connectivity index (χ3n) is 4.41. The molecule has 0 fully saturated rings. The van der Waals surface area contributed by atoms with Crippen LogP contribution in [0.4, 0.5) is 0 Å². The Balaban J connectivity index is 3.80. The molecule has 0 saturated heterocycles. The minimum atomic E-state index is 0.903. The summed E-state index contributed by atoms with van der Waals surface area (Å²) in [5, 5.41) is 0. The first-order chi connectivity index (χ1) is 9.28. The van der Waals surface area contributed by atoms with Gasteiger partial charge in [0.15, 0.2) is 0 Å². The quantitative estimate of drug-likeness (QED) is 0.231. The minimum absolute atomic E-state index is 0.903. The summed E-state index contributed by atoms with van der Waals surface area (Å²) < 4.78 is 0. The van der Waals surface area contributed by atoms with Crippen LogP contribution in [-0.2, 0) is 0 Å². The molecule has 2 unspecified atom stereocenters. The first-order valence-corrected chi connectivity index (χ1v) is 8.89. The molecular weight excluding hydrogens is 228 g/mol. The van der Waals surface area contributed by atoms with Crippen LogP contribution in [0.1, 0.15) is 97.8 Å². The summed E-state index contributed by atoms with van der Waals surface area (Å²) in [7, 11) is 0. The van der Waals surface area contributed by atoms with Gasteiger partial charge in [0, 0.05) is 0 Å². The predicted octanol–water partition coefficient (Wildman–Crippen LogP) is 7.15. The molecule has 0 nitrogen and oxygen atoms in total. The maximum atomic E-state index is 3.95. The molecule has 0 rings (SSSR count). The van der Waals surface area contributed by atoms with E-state index in [1.165, 1.54) is 77.0 Å². The summed E-state index contributed by atoms with van der Waals surface area (Å²) in [5.74, 6) is 1.86. The van der Waals surface area contributed by atoms with Crippen molar-refractivity contribution in [3.63, 3.8) is 0 Å². The van der Waals surface area contributed by atoms with Gasteiger partial charge < -0.3 is 0 Å². The Labute approximate surface area is 123 Å². The molecule has 114 valence electrons. The van der Waals surface area contributed by atoms with Crippen molar-refractivity contribution in [2.24, 2.45) is 11.8 Å². The van der Waals surface area contributed by atoms with Crippen molar-refractivity contribution < 1.29 is 0 Å². The molecule has 2 atom stereocenters. The van der Waals surface area contributed by atoms with Crippen molar-refractivity contribution >= 4 is 0 Å². The third kappa shape index (κ3) is 11.3. The summed E-state index contributed by atoms with van der Waals surface area (Å²) in [6.45, 7) is 10.9. The first-order valence-electron chi connectivity index (χ1n) is 8.89. The van der Waals surface area contributed by atoms with Crippen LogP contribution in [0.5, 0.6) is 0 Å². The first kappa shape index (κ1) is 18.7. The van der Waals surface area contributed by atoms with Gasteiger partial charge in [0.05, 0.1) is 0 Å². The highest BCUT2D eigenvalue weighted by Gasteiger charge is 2.13. The maximum Gasteiger partial charge on any atom is -0.0325 e. The Morgan fingerprint density at radius 1 is 0.789 bits per heavy atom. The van der Waals surface area contributed by atoms with Gasteiger partial charge in [0.1, 0.15) is 0 Å². The van der Waals surface area contributed by atoms with Crippen LogP contribution in [0.25, 0.3) is 0 Å². The van der Waals surface area contributed by atoms with Crippen LogP contribution >= 0.6 is 0 Å². The van der Waals surface area contributed by atoms with Gasteiger partial charge >= 0.3 is 0 Å². The van der Waals surface area contributed by atoms with E-state index >= 15 is 0 Å². The Kier molecular flexibility index (Phi) is 14.0. The van der Waals surface area contributed by atoms with Crippen LogP contribution in [0, 0.1) is 11.8 Å². The number of hydrogen-bond donors (Lipinski definition) is 0. The average molecular weight is 267 g/mol. The van der Waals surface area contributed by atoms with E-state index in [4.69, 9.17) is 0 Å². The van der Waals surface area contributed by atoms with Gasteiger partial charge in [0.25, 0.3) is 0 Å². The minimum Gasteiger partial charge on any atom is -0.103 e. The molecular formula is C19H38. The molecule has 0 spiro atoms. The van der Waals surface area contributed by atoms with Crippen LogP contribution in [-0.4, -0.2) is 0 Å². The highest BCUT2D eigenvalue weighted by molar-refractivity contribution is 4.75. The summed E-state index contributed by atoms with van der Waals surface area (Å²) >= 11 is 0. The molecule has 0 bridgehead atoms. The van der Waals surface area contributed by atoms with Gasteiger partial charge in [-0.1, -0.05) is 91.1 Å². The average Bonchev–Trinajstić information content (AvgIpc) is 2.42. The van der Waals surface area contributed by atoms with E-state index in [0.29, 0.717) is 0 Å². The molecule has 19 heavy (non-hydrogen) atoms. The standard InChI is InChI=1S/C19H38/c1-5-9-10-11-12-13-16-19(15-7-3)17-18(8-4)14-6-2/h7,18-19H,3,5-6,8-17H2,1-2,4H3. The van der Waals surface area contributed by atoms with Gasteiger partial charge in [-0.2, -0.15) is 0 Å². The predicted molar refractivity (Wildman–Crippen MR) is 89.6 cm³/mol. The summed E-state index contributed by atoms with van der Waals surface area (Å²) in [5.41, 5.74) is 0. The van der Waals surface area contributed by atoms with Crippen molar-refractivity contribution in [2.45, 2.75) is 97.8 Å². The van der Waals surface area contributed by atoms with Crippen LogP contribution in [0.2, 0.25) is 0 Å². The molecule has 0 aromatic heterocycles.